The smallest absolute Gasteiger partial charge is 0.130 e. The third kappa shape index (κ3) is 1.54. The van der Waals surface area contributed by atoms with E-state index in [-0.39, 0.29) is 5.56 Å². The zero-order valence-electron chi connectivity index (χ0n) is 9.18. The zero-order valence-corrected chi connectivity index (χ0v) is 9.18. The molecule has 1 saturated carbocycles. The van der Waals surface area contributed by atoms with Gasteiger partial charge in [-0.2, -0.15) is 0 Å². The largest absolute Gasteiger partial charge is 0.298 e. The van der Waals surface area contributed by atoms with Gasteiger partial charge in [-0.3, -0.25) is 4.90 Å². The Labute approximate surface area is 94.1 Å². The molecule has 0 N–H and O–H groups in total. The van der Waals surface area contributed by atoms with Gasteiger partial charge in [0.05, 0.1) is 0 Å². The molecule has 0 unspecified atom stereocenters. The second-order valence-electron chi connectivity index (χ2n) is 5.20. The Kier molecular flexibility index (Phi) is 2.25. The second-order valence-corrected chi connectivity index (χ2v) is 5.20. The molecule has 0 bridgehead atoms. The molecule has 0 amide bonds. The van der Waals surface area contributed by atoms with Crippen molar-refractivity contribution in [3.63, 3.8) is 0 Å². The number of rotatable bonds is 2. The predicted octanol–water partition coefficient (Wildman–Crippen LogP) is 2.95. The van der Waals surface area contributed by atoms with E-state index < -0.39 is 11.6 Å². The van der Waals surface area contributed by atoms with Crippen LogP contribution in [0.5, 0.6) is 0 Å². The first-order valence-electron chi connectivity index (χ1n) is 5.84. The SMILES string of the molecule is Fc1cccc(F)c1CN1CC2(CCC2)C1. The van der Waals surface area contributed by atoms with Gasteiger partial charge in [0.2, 0.25) is 0 Å². The van der Waals surface area contributed by atoms with Crippen LogP contribution in [0.4, 0.5) is 8.78 Å². The molecule has 0 aromatic heterocycles. The summed E-state index contributed by atoms with van der Waals surface area (Å²) < 4.78 is 26.8. The van der Waals surface area contributed by atoms with Gasteiger partial charge < -0.3 is 0 Å². The molecule has 86 valence electrons. The number of hydrogen-bond acceptors (Lipinski definition) is 1. The molecule has 1 aromatic carbocycles. The van der Waals surface area contributed by atoms with Gasteiger partial charge in [-0.05, 0) is 30.4 Å². The van der Waals surface area contributed by atoms with Gasteiger partial charge in [0.1, 0.15) is 11.6 Å². The van der Waals surface area contributed by atoms with Crippen LogP contribution >= 0.6 is 0 Å². The fourth-order valence-corrected chi connectivity index (χ4v) is 2.91. The van der Waals surface area contributed by atoms with E-state index >= 15 is 0 Å². The average molecular weight is 223 g/mol. The summed E-state index contributed by atoms with van der Waals surface area (Å²) in [6.45, 7) is 2.45. The van der Waals surface area contributed by atoms with Crippen LogP contribution in [0.25, 0.3) is 0 Å². The van der Waals surface area contributed by atoms with E-state index in [1.165, 1.54) is 37.5 Å². The van der Waals surface area contributed by atoms with Crippen molar-refractivity contribution in [1.82, 2.24) is 4.90 Å². The first-order chi connectivity index (χ1) is 7.69. The van der Waals surface area contributed by atoms with Gasteiger partial charge in [0, 0.05) is 25.2 Å². The van der Waals surface area contributed by atoms with Gasteiger partial charge in [0.15, 0.2) is 0 Å². The molecular weight excluding hydrogens is 208 g/mol. The van der Waals surface area contributed by atoms with Crippen LogP contribution in [0.1, 0.15) is 24.8 Å². The van der Waals surface area contributed by atoms with E-state index in [2.05, 4.69) is 4.90 Å². The van der Waals surface area contributed by atoms with Crippen LogP contribution in [0.3, 0.4) is 0 Å². The first-order valence-corrected chi connectivity index (χ1v) is 5.84. The third-order valence-corrected chi connectivity index (χ3v) is 3.98. The Morgan fingerprint density at radius 2 is 1.75 bits per heavy atom. The normalized spacial score (nSPS) is 22.9. The molecule has 1 aliphatic heterocycles. The van der Waals surface area contributed by atoms with E-state index in [9.17, 15) is 8.78 Å². The molecule has 1 aliphatic carbocycles. The van der Waals surface area contributed by atoms with Crippen molar-refractivity contribution in [2.75, 3.05) is 13.1 Å². The van der Waals surface area contributed by atoms with Crippen LogP contribution < -0.4 is 0 Å². The number of halogens is 2. The number of nitrogens with zero attached hydrogens (tertiary/aromatic N) is 1. The highest BCUT2D eigenvalue weighted by atomic mass is 19.1. The van der Waals surface area contributed by atoms with E-state index in [1.54, 1.807) is 0 Å². The molecule has 2 fully saturated rings. The zero-order chi connectivity index (χ0) is 11.2. The third-order valence-electron chi connectivity index (χ3n) is 3.98. The molecule has 1 aromatic rings. The van der Waals surface area contributed by atoms with E-state index in [0.29, 0.717) is 12.0 Å². The van der Waals surface area contributed by atoms with Crippen molar-refractivity contribution in [3.05, 3.63) is 35.4 Å². The van der Waals surface area contributed by atoms with Crippen LogP contribution in [0, 0.1) is 17.0 Å². The standard InChI is InChI=1S/C13H15F2N/c14-11-3-1-4-12(15)10(11)7-16-8-13(9-16)5-2-6-13/h1,3-4H,2,5-9H2. The lowest BCUT2D eigenvalue weighted by atomic mass is 9.63. The number of likely N-dealkylation sites (tertiary alicyclic amines) is 1. The quantitative estimate of drug-likeness (QED) is 0.745. The Morgan fingerprint density at radius 3 is 2.25 bits per heavy atom. The molecule has 0 radical (unpaired) electrons. The molecular formula is C13H15F2N. The van der Waals surface area contributed by atoms with Gasteiger partial charge >= 0.3 is 0 Å². The molecule has 1 spiro atoms. The van der Waals surface area contributed by atoms with Crippen LogP contribution in [-0.4, -0.2) is 18.0 Å². The summed E-state index contributed by atoms with van der Waals surface area (Å²) in [5.41, 5.74) is 0.735. The van der Waals surface area contributed by atoms with Crippen molar-refractivity contribution in [3.8, 4) is 0 Å². The van der Waals surface area contributed by atoms with Gasteiger partial charge in [-0.25, -0.2) is 8.78 Å². The highest BCUT2D eigenvalue weighted by Crippen LogP contribution is 2.48. The lowest BCUT2D eigenvalue weighted by Gasteiger charge is -2.56. The molecule has 3 heteroatoms. The Hall–Kier alpha value is -0.960. The summed E-state index contributed by atoms with van der Waals surface area (Å²) in [6.07, 6.45) is 3.91. The van der Waals surface area contributed by atoms with Crippen molar-refractivity contribution >= 4 is 0 Å². The van der Waals surface area contributed by atoms with E-state index in [4.69, 9.17) is 0 Å². The summed E-state index contributed by atoms with van der Waals surface area (Å²) in [5, 5.41) is 0. The molecule has 0 atom stereocenters. The molecule has 1 heterocycles. The van der Waals surface area contributed by atoms with Crippen molar-refractivity contribution in [2.45, 2.75) is 25.8 Å². The lowest BCUT2D eigenvalue weighted by molar-refractivity contribution is -0.0653. The predicted molar refractivity (Wildman–Crippen MR) is 57.9 cm³/mol. The van der Waals surface area contributed by atoms with Gasteiger partial charge in [-0.15, -0.1) is 0 Å². The van der Waals surface area contributed by atoms with E-state index in [0.717, 1.165) is 13.1 Å². The molecule has 16 heavy (non-hydrogen) atoms. The van der Waals surface area contributed by atoms with Crippen LogP contribution in [0.15, 0.2) is 18.2 Å². The molecule has 2 aliphatic rings. The minimum absolute atomic E-state index is 0.219. The highest BCUT2D eigenvalue weighted by Gasteiger charge is 2.47. The van der Waals surface area contributed by atoms with Crippen molar-refractivity contribution in [2.24, 2.45) is 5.41 Å². The van der Waals surface area contributed by atoms with Gasteiger partial charge in [0.25, 0.3) is 0 Å². The summed E-state index contributed by atoms with van der Waals surface area (Å²) in [4.78, 5) is 2.14. The highest BCUT2D eigenvalue weighted by molar-refractivity contribution is 5.20. The monoisotopic (exact) mass is 223 g/mol. The lowest BCUT2D eigenvalue weighted by Crippen LogP contribution is -2.59. The Morgan fingerprint density at radius 1 is 1.12 bits per heavy atom. The average Bonchev–Trinajstić information content (AvgIpc) is 2.11. The Bertz CT molecular complexity index is 384. The molecule has 3 rings (SSSR count). The first kappa shape index (κ1) is 10.2. The summed E-state index contributed by atoms with van der Waals surface area (Å²) >= 11 is 0. The summed E-state index contributed by atoms with van der Waals surface area (Å²) in [7, 11) is 0. The second kappa shape index (κ2) is 3.52. The fourth-order valence-electron chi connectivity index (χ4n) is 2.91. The maximum atomic E-state index is 13.4. The fraction of sp³-hybridized carbons (Fsp3) is 0.538. The van der Waals surface area contributed by atoms with E-state index in [1.807, 2.05) is 0 Å². The topological polar surface area (TPSA) is 3.24 Å². The van der Waals surface area contributed by atoms with Crippen molar-refractivity contribution < 1.29 is 8.78 Å². The maximum absolute atomic E-state index is 13.4. The molecule has 1 saturated heterocycles. The molecule has 1 nitrogen and oxygen atoms in total. The number of benzene rings is 1. The van der Waals surface area contributed by atoms with Crippen molar-refractivity contribution in [1.29, 1.82) is 0 Å². The summed E-state index contributed by atoms with van der Waals surface area (Å²) in [6, 6.07) is 4.08. The van der Waals surface area contributed by atoms with Crippen LogP contribution in [0.2, 0.25) is 0 Å². The minimum atomic E-state index is -0.422. The maximum Gasteiger partial charge on any atom is 0.130 e. The minimum Gasteiger partial charge on any atom is -0.298 e. The van der Waals surface area contributed by atoms with Gasteiger partial charge in [-0.1, -0.05) is 12.5 Å². The Balaban J connectivity index is 1.67. The summed E-state index contributed by atoms with van der Waals surface area (Å²) in [5.74, 6) is -0.843. The van der Waals surface area contributed by atoms with Crippen LogP contribution in [-0.2, 0) is 6.54 Å². The number of hydrogen-bond donors (Lipinski definition) is 0.